The number of benzene rings is 1. The lowest BCUT2D eigenvalue weighted by Gasteiger charge is -2.32. The van der Waals surface area contributed by atoms with E-state index in [4.69, 9.17) is 4.74 Å². The Morgan fingerprint density at radius 1 is 1.29 bits per heavy atom. The number of aliphatic carboxylic acids is 1. The van der Waals surface area contributed by atoms with Crippen LogP contribution in [0.3, 0.4) is 0 Å². The van der Waals surface area contributed by atoms with E-state index in [-0.39, 0.29) is 18.9 Å². The van der Waals surface area contributed by atoms with Crippen molar-refractivity contribution < 1.29 is 24.2 Å². The van der Waals surface area contributed by atoms with Crippen LogP contribution in [0.5, 0.6) is 0 Å². The number of carboxylic acids is 1. The van der Waals surface area contributed by atoms with E-state index in [1.807, 2.05) is 17.5 Å². The summed E-state index contributed by atoms with van der Waals surface area (Å²) in [6, 6.07) is 10.2. The van der Waals surface area contributed by atoms with E-state index in [1.54, 1.807) is 31.2 Å². The Kier molecular flexibility index (Phi) is 6.48. The summed E-state index contributed by atoms with van der Waals surface area (Å²) in [7, 11) is 0. The SMILES string of the molecule is CCOC(=O)c1ccc(N=C2S[C@@H](C(=O)[O-])CC(=O)N2Cc2cccs2)cc1. The van der Waals surface area contributed by atoms with E-state index in [0.717, 1.165) is 16.6 Å². The maximum Gasteiger partial charge on any atom is 0.338 e. The number of ether oxygens (including phenoxy) is 1. The number of carbonyl (C=O) groups is 3. The van der Waals surface area contributed by atoms with Crippen molar-refractivity contribution in [3.05, 3.63) is 52.2 Å². The predicted octanol–water partition coefficient (Wildman–Crippen LogP) is 2.20. The highest BCUT2D eigenvalue weighted by molar-refractivity contribution is 8.15. The second kappa shape index (κ2) is 9.03. The van der Waals surface area contributed by atoms with E-state index < -0.39 is 17.2 Å². The first-order chi connectivity index (χ1) is 13.5. The summed E-state index contributed by atoms with van der Waals surface area (Å²) in [6.07, 6.45) is -0.140. The van der Waals surface area contributed by atoms with Gasteiger partial charge in [-0.05, 0) is 42.6 Å². The molecule has 0 radical (unpaired) electrons. The minimum Gasteiger partial charge on any atom is -0.549 e. The minimum absolute atomic E-state index is 0.140. The number of amidine groups is 1. The van der Waals surface area contributed by atoms with Gasteiger partial charge in [0.2, 0.25) is 5.91 Å². The van der Waals surface area contributed by atoms with Crippen molar-refractivity contribution in [2.75, 3.05) is 6.61 Å². The Bertz CT molecular complexity index is 894. The van der Waals surface area contributed by atoms with Crippen LogP contribution < -0.4 is 5.11 Å². The van der Waals surface area contributed by atoms with Gasteiger partial charge in [0.15, 0.2) is 5.17 Å². The third-order valence-electron chi connectivity index (χ3n) is 3.90. The Labute approximate surface area is 170 Å². The fourth-order valence-electron chi connectivity index (χ4n) is 2.54. The number of aliphatic imine (C=N–C) groups is 1. The summed E-state index contributed by atoms with van der Waals surface area (Å²) < 4.78 is 4.95. The fourth-order valence-corrected chi connectivity index (χ4v) is 4.26. The monoisotopic (exact) mass is 417 g/mol. The summed E-state index contributed by atoms with van der Waals surface area (Å²) in [4.78, 5) is 42.5. The average molecular weight is 417 g/mol. The van der Waals surface area contributed by atoms with Gasteiger partial charge >= 0.3 is 5.97 Å². The molecule has 0 unspecified atom stereocenters. The number of carbonyl (C=O) groups excluding carboxylic acids is 3. The van der Waals surface area contributed by atoms with Gasteiger partial charge in [0.1, 0.15) is 0 Å². The zero-order chi connectivity index (χ0) is 20.1. The molecule has 1 atom stereocenters. The van der Waals surface area contributed by atoms with Crippen LogP contribution in [-0.4, -0.2) is 39.8 Å². The van der Waals surface area contributed by atoms with Gasteiger partial charge in [0.05, 0.1) is 35.6 Å². The molecule has 2 aromatic rings. The molecule has 1 amide bonds. The number of thiophene rings is 1. The average Bonchev–Trinajstić information content (AvgIpc) is 3.18. The maximum absolute atomic E-state index is 12.5. The summed E-state index contributed by atoms with van der Waals surface area (Å²) in [6.45, 7) is 2.33. The highest BCUT2D eigenvalue weighted by atomic mass is 32.2. The van der Waals surface area contributed by atoms with Crippen molar-refractivity contribution in [3.8, 4) is 0 Å². The third-order valence-corrected chi connectivity index (χ3v) is 5.93. The van der Waals surface area contributed by atoms with Gasteiger partial charge in [0, 0.05) is 11.3 Å². The number of carboxylic acid groups (broad SMARTS) is 1. The molecule has 0 saturated carbocycles. The lowest BCUT2D eigenvalue weighted by Crippen LogP contribution is -2.46. The molecule has 1 aliphatic heterocycles. The maximum atomic E-state index is 12.5. The number of esters is 1. The lowest BCUT2D eigenvalue weighted by molar-refractivity contribution is -0.304. The van der Waals surface area contributed by atoms with Crippen molar-refractivity contribution in [1.82, 2.24) is 4.90 Å². The van der Waals surface area contributed by atoms with E-state index in [9.17, 15) is 19.5 Å². The van der Waals surface area contributed by atoms with E-state index >= 15 is 0 Å². The van der Waals surface area contributed by atoms with Crippen LogP contribution in [0, 0.1) is 0 Å². The lowest BCUT2D eigenvalue weighted by atomic mass is 10.2. The number of hydrogen-bond donors (Lipinski definition) is 0. The second-order valence-electron chi connectivity index (χ2n) is 5.85. The van der Waals surface area contributed by atoms with Crippen LogP contribution in [0.4, 0.5) is 5.69 Å². The topological polar surface area (TPSA) is 99.1 Å². The first-order valence-corrected chi connectivity index (χ1v) is 10.3. The van der Waals surface area contributed by atoms with Crippen molar-refractivity contribution >= 4 is 51.8 Å². The molecule has 146 valence electrons. The smallest absolute Gasteiger partial charge is 0.338 e. The zero-order valence-electron chi connectivity index (χ0n) is 15.0. The van der Waals surface area contributed by atoms with Crippen LogP contribution in [0.25, 0.3) is 0 Å². The Morgan fingerprint density at radius 2 is 2.04 bits per heavy atom. The highest BCUT2D eigenvalue weighted by Crippen LogP contribution is 2.30. The molecule has 0 spiro atoms. The highest BCUT2D eigenvalue weighted by Gasteiger charge is 2.32. The molecule has 0 bridgehead atoms. The summed E-state index contributed by atoms with van der Waals surface area (Å²) in [5.41, 5.74) is 0.889. The molecule has 1 fully saturated rings. The van der Waals surface area contributed by atoms with Gasteiger partial charge in [-0.15, -0.1) is 11.3 Å². The molecule has 3 rings (SSSR count). The molecule has 1 saturated heterocycles. The number of nitrogens with zero attached hydrogens (tertiary/aromatic N) is 2. The van der Waals surface area contributed by atoms with E-state index in [0.29, 0.717) is 23.0 Å². The summed E-state index contributed by atoms with van der Waals surface area (Å²) in [5, 5.41) is 12.5. The quantitative estimate of drug-likeness (QED) is 0.668. The van der Waals surface area contributed by atoms with Crippen LogP contribution in [0.2, 0.25) is 0 Å². The largest absolute Gasteiger partial charge is 0.549 e. The van der Waals surface area contributed by atoms with Crippen LogP contribution in [0.15, 0.2) is 46.8 Å². The minimum atomic E-state index is -1.29. The van der Waals surface area contributed by atoms with E-state index in [1.165, 1.54) is 16.2 Å². The van der Waals surface area contributed by atoms with Crippen molar-refractivity contribution in [2.45, 2.75) is 25.1 Å². The Morgan fingerprint density at radius 3 is 2.64 bits per heavy atom. The molecular weight excluding hydrogens is 400 g/mol. The molecule has 1 aliphatic rings. The molecule has 0 N–H and O–H groups in total. The predicted molar refractivity (Wildman–Crippen MR) is 105 cm³/mol. The Balaban J connectivity index is 1.87. The normalized spacial score (nSPS) is 18.3. The van der Waals surface area contributed by atoms with Crippen LogP contribution >= 0.6 is 23.1 Å². The molecular formula is C19H17N2O5S2-. The fraction of sp³-hybridized carbons (Fsp3) is 0.263. The molecule has 1 aromatic carbocycles. The number of thioether (sulfide) groups is 1. The van der Waals surface area contributed by atoms with Crippen molar-refractivity contribution in [1.29, 1.82) is 0 Å². The van der Waals surface area contributed by atoms with Crippen molar-refractivity contribution in [3.63, 3.8) is 0 Å². The van der Waals surface area contributed by atoms with Gasteiger partial charge < -0.3 is 14.6 Å². The van der Waals surface area contributed by atoms with Gasteiger partial charge in [-0.2, -0.15) is 0 Å². The van der Waals surface area contributed by atoms with Gasteiger partial charge in [-0.3, -0.25) is 9.69 Å². The molecule has 0 aliphatic carbocycles. The van der Waals surface area contributed by atoms with Gasteiger partial charge in [-0.25, -0.2) is 9.79 Å². The van der Waals surface area contributed by atoms with Crippen LogP contribution in [0.1, 0.15) is 28.6 Å². The third kappa shape index (κ3) is 4.79. The zero-order valence-corrected chi connectivity index (χ0v) is 16.6. The van der Waals surface area contributed by atoms with Crippen LogP contribution in [-0.2, 0) is 20.9 Å². The standard InChI is InChI=1S/C19H18N2O5S2/c1-2-26-18(25)12-5-7-13(8-6-12)20-19-21(11-14-4-3-9-27-14)16(22)10-15(28-19)17(23)24/h3-9,15H,2,10-11H2,1H3,(H,23,24)/p-1/t15-/m1/s1. The molecule has 1 aromatic heterocycles. The summed E-state index contributed by atoms with van der Waals surface area (Å²) >= 11 is 2.50. The number of rotatable bonds is 6. The van der Waals surface area contributed by atoms with Gasteiger partial charge in [0.25, 0.3) is 0 Å². The Hall–Kier alpha value is -2.65. The van der Waals surface area contributed by atoms with E-state index in [2.05, 4.69) is 4.99 Å². The number of hydrogen-bond acceptors (Lipinski definition) is 8. The van der Waals surface area contributed by atoms with Gasteiger partial charge in [-0.1, -0.05) is 17.8 Å². The molecule has 28 heavy (non-hydrogen) atoms. The number of amides is 1. The molecule has 2 heterocycles. The second-order valence-corrected chi connectivity index (χ2v) is 8.05. The molecule has 7 nitrogen and oxygen atoms in total. The van der Waals surface area contributed by atoms with Crippen molar-refractivity contribution in [2.24, 2.45) is 4.99 Å². The molecule has 9 heteroatoms. The summed E-state index contributed by atoms with van der Waals surface area (Å²) in [5.74, 6) is -2.04. The first-order valence-electron chi connectivity index (χ1n) is 8.54. The first kappa shape index (κ1) is 20.1.